The number of carbonyl (C=O) groups is 1. The molecule has 3 aromatic rings. The zero-order valence-corrected chi connectivity index (χ0v) is 16.2. The number of fused-ring (bicyclic) bond motifs is 1. The molecule has 0 radical (unpaired) electrons. The number of ether oxygens (including phenoxy) is 1. The molecule has 27 heavy (non-hydrogen) atoms. The smallest absolute Gasteiger partial charge is 0.323 e. The molecule has 0 fully saturated rings. The molecule has 3 nitrogen and oxygen atoms in total. The largest absolute Gasteiger partial charge is 0.468 e. The topological polar surface area (TPSA) is 38.3 Å². The fourth-order valence-electron chi connectivity index (χ4n) is 3.84. The molecule has 1 aliphatic rings. The number of benzene rings is 2. The molecule has 1 N–H and O–H groups in total. The van der Waals surface area contributed by atoms with E-state index in [-0.39, 0.29) is 23.7 Å². The van der Waals surface area contributed by atoms with Gasteiger partial charge in [-0.15, -0.1) is 0 Å². The van der Waals surface area contributed by atoms with Crippen molar-refractivity contribution in [3.05, 3.63) is 99.3 Å². The molecule has 0 amide bonds. The first-order valence-electron chi connectivity index (χ1n) is 8.69. The van der Waals surface area contributed by atoms with Gasteiger partial charge in [0.25, 0.3) is 0 Å². The summed E-state index contributed by atoms with van der Waals surface area (Å²) in [5.41, 5.74) is 4.12. The molecule has 0 bridgehead atoms. The van der Waals surface area contributed by atoms with Gasteiger partial charge in [0.05, 0.1) is 7.11 Å². The minimum absolute atomic E-state index is 0.160. The molecule has 3 aromatic carbocycles. The maximum Gasteiger partial charge on any atom is 0.323 e. The number of rotatable bonds is 3. The lowest BCUT2D eigenvalue weighted by Crippen LogP contribution is -2.48. The van der Waals surface area contributed by atoms with E-state index in [1.807, 2.05) is 30.3 Å². The van der Waals surface area contributed by atoms with Crippen molar-refractivity contribution in [1.29, 1.82) is 0 Å². The van der Waals surface area contributed by atoms with E-state index in [1.165, 1.54) is 19.2 Å². The van der Waals surface area contributed by atoms with Gasteiger partial charge in [-0.1, -0.05) is 40.2 Å². The lowest BCUT2D eigenvalue weighted by Gasteiger charge is -2.41. The van der Waals surface area contributed by atoms with E-state index in [2.05, 4.69) is 33.4 Å². The predicted octanol–water partition coefficient (Wildman–Crippen LogP) is 4.67. The highest BCUT2D eigenvalue weighted by molar-refractivity contribution is 9.10. The number of hydrogen-bond donors (Lipinski definition) is 1. The summed E-state index contributed by atoms with van der Waals surface area (Å²) in [5.74, 6) is -0.760. The van der Waals surface area contributed by atoms with Crippen molar-refractivity contribution in [3.8, 4) is 0 Å². The van der Waals surface area contributed by atoms with Crippen LogP contribution < -0.4 is 5.32 Å². The zero-order valence-electron chi connectivity index (χ0n) is 14.7. The van der Waals surface area contributed by atoms with Gasteiger partial charge in [0.1, 0.15) is 11.9 Å². The van der Waals surface area contributed by atoms with E-state index in [1.54, 1.807) is 12.1 Å². The normalized spacial score (nSPS) is 21.5. The average Bonchev–Trinajstić information content (AvgIpc) is 3.17. The van der Waals surface area contributed by atoms with Gasteiger partial charge in [0.15, 0.2) is 0 Å². The van der Waals surface area contributed by atoms with E-state index >= 15 is 0 Å². The van der Waals surface area contributed by atoms with E-state index in [4.69, 9.17) is 4.74 Å². The summed E-state index contributed by atoms with van der Waals surface area (Å²) in [7, 11) is 1.40. The molecular weight excluding hydrogens is 409 g/mol. The van der Waals surface area contributed by atoms with Gasteiger partial charge in [0, 0.05) is 16.4 Å². The lowest BCUT2D eigenvalue weighted by atomic mass is 9.78. The van der Waals surface area contributed by atoms with Gasteiger partial charge in [0.2, 0.25) is 0 Å². The van der Waals surface area contributed by atoms with E-state index < -0.39 is 6.04 Å². The number of methoxy groups -OCH3 is 1. The van der Waals surface area contributed by atoms with E-state index in [0.717, 1.165) is 26.7 Å². The van der Waals surface area contributed by atoms with Crippen molar-refractivity contribution < 1.29 is 13.9 Å². The van der Waals surface area contributed by atoms with Crippen molar-refractivity contribution in [1.82, 2.24) is 5.32 Å². The van der Waals surface area contributed by atoms with Gasteiger partial charge in [-0.2, -0.15) is 23.3 Å². The van der Waals surface area contributed by atoms with Crippen molar-refractivity contribution in [2.75, 3.05) is 7.11 Å². The van der Waals surface area contributed by atoms with Crippen molar-refractivity contribution in [2.45, 2.75) is 18.0 Å². The van der Waals surface area contributed by atoms with Crippen LogP contribution in [0.1, 0.15) is 34.2 Å². The van der Waals surface area contributed by atoms with Crippen LogP contribution in [-0.4, -0.2) is 19.1 Å². The standard InChI is InChI=1S/C22H18BrFNO2/c1-27-22(26)21-19(13-5-9-15(23)10-6-13)17-3-2-4-18(17)20(25-21)14-7-11-16(24)12-8-14/h2-12,19-21,25H,1H3/q-1/t19?,20-,21+/m0/s1. The summed E-state index contributed by atoms with van der Waals surface area (Å²) < 4.78 is 19.4. The zero-order chi connectivity index (χ0) is 19.0. The maximum absolute atomic E-state index is 13.4. The van der Waals surface area contributed by atoms with Crippen LogP contribution in [0.3, 0.4) is 0 Å². The SMILES string of the molecule is COC(=O)[C@@H]1N[C@@H](c2ccc(F)cc2)c2cc[cH-]c2C1c1ccc(Br)cc1. The molecule has 0 saturated carbocycles. The molecule has 0 saturated heterocycles. The number of nitrogens with one attached hydrogen (secondary N) is 1. The third kappa shape index (κ3) is 3.33. The summed E-state index contributed by atoms with van der Waals surface area (Å²) in [5, 5.41) is 3.44. The molecule has 138 valence electrons. The molecule has 3 atom stereocenters. The third-order valence-corrected chi connectivity index (χ3v) is 5.63. The number of hydrogen-bond acceptors (Lipinski definition) is 3. The van der Waals surface area contributed by atoms with Gasteiger partial charge in [-0.3, -0.25) is 4.79 Å². The Bertz CT molecular complexity index is 949. The van der Waals surface area contributed by atoms with Gasteiger partial charge in [-0.25, -0.2) is 10.5 Å². The summed E-state index contributed by atoms with van der Waals surface area (Å²) in [6.45, 7) is 0. The highest BCUT2D eigenvalue weighted by Crippen LogP contribution is 2.41. The van der Waals surface area contributed by atoms with Gasteiger partial charge >= 0.3 is 5.97 Å². The fourth-order valence-corrected chi connectivity index (χ4v) is 4.11. The van der Waals surface area contributed by atoms with Crippen molar-refractivity contribution in [2.24, 2.45) is 0 Å². The van der Waals surface area contributed by atoms with Crippen LogP contribution in [0.25, 0.3) is 0 Å². The van der Waals surface area contributed by atoms with Crippen LogP contribution in [0.15, 0.2) is 71.2 Å². The van der Waals surface area contributed by atoms with Crippen LogP contribution >= 0.6 is 15.9 Å². The summed E-state index contributed by atoms with van der Waals surface area (Å²) in [6, 6.07) is 19.7. The number of esters is 1. The highest BCUT2D eigenvalue weighted by atomic mass is 79.9. The second-order valence-corrected chi connectivity index (χ2v) is 7.53. The van der Waals surface area contributed by atoms with Crippen LogP contribution in [0.4, 0.5) is 4.39 Å². The molecule has 0 spiro atoms. The second kappa shape index (κ2) is 7.33. The van der Waals surface area contributed by atoms with Gasteiger partial charge < -0.3 is 10.1 Å². The lowest BCUT2D eigenvalue weighted by molar-refractivity contribution is -0.143. The molecule has 0 aliphatic carbocycles. The monoisotopic (exact) mass is 426 g/mol. The molecule has 0 aromatic heterocycles. The second-order valence-electron chi connectivity index (χ2n) is 6.62. The molecule has 5 heteroatoms. The minimum Gasteiger partial charge on any atom is -0.468 e. The van der Waals surface area contributed by atoms with Crippen LogP contribution in [-0.2, 0) is 9.53 Å². The highest BCUT2D eigenvalue weighted by Gasteiger charge is 2.37. The Morgan fingerprint density at radius 3 is 2.41 bits per heavy atom. The molecular formula is C22H18BrFNO2-. The summed E-state index contributed by atoms with van der Waals surface area (Å²) in [4.78, 5) is 12.6. The van der Waals surface area contributed by atoms with Crippen LogP contribution in [0.5, 0.6) is 0 Å². The molecule has 1 heterocycles. The first-order valence-corrected chi connectivity index (χ1v) is 9.48. The first-order chi connectivity index (χ1) is 13.1. The quantitative estimate of drug-likeness (QED) is 0.488. The Labute approximate surface area is 165 Å². The Morgan fingerprint density at radius 1 is 1.07 bits per heavy atom. The van der Waals surface area contributed by atoms with Gasteiger partial charge in [-0.05, 0) is 35.4 Å². The first kappa shape index (κ1) is 18.0. The Balaban J connectivity index is 1.83. The third-order valence-electron chi connectivity index (χ3n) is 5.10. The molecule has 1 aliphatic heterocycles. The predicted molar refractivity (Wildman–Crippen MR) is 105 cm³/mol. The van der Waals surface area contributed by atoms with Crippen molar-refractivity contribution >= 4 is 21.9 Å². The summed E-state index contributed by atoms with van der Waals surface area (Å²) >= 11 is 3.46. The van der Waals surface area contributed by atoms with Crippen LogP contribution in [0.2, 0.25) is 0 Å². The van der Waals surface area contributed by atoms with E-state index in [0.29, 0.717) is 0 Å². The number of carbonyl (C=O) groups excluding carboxylic acids is 1. The minimum atomic E-state index is -0.541. The fraction of sp³-hybridized carbons (Fsp3) is 0.182. The Hall–Kier alpha value is -2.37. The average molecular weight is 427 g/mol. The maximum atomic E-state index is 13.4. The molecule has 1 unspecified atom stereocenters. The van der Waals surface area contributed by atoms with E-state index in [9.17, 15) is 9.18 Å². The molecule has 4 rings (SSSR count). The number of halogens is 2. The Morgan fingerprint density at radius 2 is 1.74 bits per heavy atom. The summed E-state index contributed by atoms with van der Waals surface area (Å²) in [6.07, 6.45) is 0. The Kier molecular flexibility index (Phi) is 4.89. The van der Waals surface area contributed by atoms with Crippen LogP contribution in [0, 0.1) is 5.82 Å². The van der Waals surface area contributed by atoms with Crippen molar-refractivity contribution in [3.63, 3.8) is 0 Å².